The van der Waals surface area contributed by atoms with Crippen molar-refractivity contribution in [1.82, 2.24) is 5.43 Å². The van der Waals surface area contributed by atoms with Crippen molar-refractivity contribution in [2.24, 2.45) is 5.10 Å². The molecule has 0 heterocycles. The average Bonchev–Trinajstić information content (AvgIpc) is 2.76. The monoisotopic (exact) mass is 439 g/mol. The van der Waals surface area contributed by atoms with Gasteiger partial charge in [-0.1, -0.05) is 42.5 Å². The van der Waals surface area contributed by atoms with Gasteiger partial charge in [0.15, 0.2) is 5.75 Å². The zero-order chi connectivity index (χ0) is 22.3. The highest BCUT2D eigenvalue weighted by atomic mass is 32.2. The molecule has 31 heavy (non-hydrogen) atoms. The third-order valence-corrected chi connectivity index (χ3v) is 5.30. The summed E-state index contributed by atoms with van der Waals surface area (Å²) in [5, 5.41) is 14.5. The number of hydrogen-bond donors (Lipinski definition) is 1. The number of carbonyl (C=O) groups excluding carboxylic acids is 1. The predicted octanol–water partition coefficient (Wildman–Crippen LogP) is 3.06. The quantitative estimate of drug-likeness (QED) is 0.249. The van der Waals surface area contributed by atoms with E-state index >= 15 is 0 Å². The Bertz CT molecular complexity index is 1210. The van der Waals surface area contributed by atoms with Crippen molar-refractivity contribution < 1.29 is 22.3 Å². The first-order valence-electron chi connectivity index (χ1n) is 8.99. The van der Waals surface area contributed by atoms with Gasteiger partial charge in [0.2, 0.25) is 5.91 Å². The van der Waals surface area contributed by atoms with Crippen LogP contribution in [0.3, 0.4) is 0 Å². The Kier molecular flexibility index (Phi) is 6.73. The number of amides is 1. The lowest BCUT2D eigenvalue weighted by Gasteiger charge is -2.09. The lowest BCUT2D eigenvalue weighted by Crippen LogP contribution is -2.19. The van der Waals surface area contributed by atoms with Gasteiger partial charge in [0.25, 0.3) is 5.69 Å². The summed E-state index contributed by atoms with van der Waals surface area (Å²) in [5.74, 6) is -0.389. The van der Waals surface area contributed by atoms with E-state index in [0.717, 1.165) is 0 Å². The minimum absolute atomic E-state index is 0.0122. The highest BCUT2D eigenvalue weighted by Crippen LogP contribution is 2.21. The van der Waals surface area contributed by atoms with Gasteiger partial charge < -0.3 is 4.18 Å². The van der Waals surface area contributed by atoms with E-state index in [0.29, 0.717) is 11.1 Å². The Balaban J connectivity index is 1.65. The Morgan fingerprint density at radius 2 is 1.65 bits per heavy atom. The Morgan fingerprint density at radius 1 is 1.00 bits per heavy atom. The highest BCUT2D eigenvalue weighted by molar-refractivity contribution is 7.87. The first kappa shape index (κ1) is 21.7. The molecular weight excluding hydrogens is 422 g/mol. The highest BCUT2D eigenvalue weighted by Gasteiger charge is 2.17. The summed E-state index contributed by atoms with van der Waals surface area (Å²) >= 11 is 0. The van der Waals surface area contributed by atoms with Gasteiger partial charge in [-0.05, 0) is 29.8 Å². The molecule has 0 atom stereocenters. The molecule has 0 spiro atoms. The molecule has 158 valence electrons. The third kappa shape index (κ3) is 5.97. The fourth-order valence-corrected chi connectivity index (χ4v) is 3.53. The van der Waals surface area contributed by atoms with Crippen molar-refractivity contribution in [1.29, 1.82) is 0 Å². The van der Waals surface area contributed by atoms with Crippen molar-refractivity contribution in [3.8, 4) is 5.75 Å². The standard InChI is InChI=1S/C21H17N3O6S/c25-21(14-16-10-12-18(13-11-16)24(26)27)23-22-15-17-6-4-5-9-20(17)30-31(28,29)19-7-2-1-3-8-19/h1-13,15H,14H2,(H,23,25). The van der Waals surface area contributed by atoms with Gasteiger partial charge in [0.1, 0.15) is 4.90 Å². The summed E-state index contributed by atoms with van der Waals surface area (Å²) in [7, 11) is -4.02. The predicted molar refractivity (Wildman–Crippen MR) is 113 cm³/mol. The third-order valence-electron chi connectivity index (χ3n) is 4.06. The minimum atomic E-state index is -4.02. The van der Waals surface area contributed by atoms with E-state index in [1.54, 1.807) is 36.4 Å². The van der Waals surface area contributed by atoms with Gasteiger partial charge in [-0.2, -0.15) is 13.5 Å². The molecule has 0 saturated heterocycles. The van der Waals surface area contributed by atoms with Crippen LogP contribution in [-0.4, -0.2) is 25.5 Å². The van der Waals surface area contributed by atoms with Crippen LogP contribution in [0.4, 0.5) is 5.69 Å². The smallest absolute Gasteiger partial charge is 0.339 e. The number of carbonyl (C=O) groups is 1. The van der Waals surface area contributed by atoms with Crippen LogP contribution in [0.15, 0.2) is 88.9 Å². The van der Waals surface area contributed by atoms with Gasteiger partial charge >= 0.3 is 10.1 Å². The van der Waals surface area contributed by atoms with Crippen LogP contribution < -0.4 is 9.61 Å². The van der Waals surface area contributed by atoms with E-state index in [1.165, 1.54) is 48.7 Å². The van der Waals surface area contributed by atoms with E-state index in [2.05, 4.69) is 10.5 Å². The summed E-state index contributed by atoms with van der Waals surface area (Å²) in [5.41, 5.74) is 3.19. The van der Waals surface area contributed by atoms with Crippen molar-refractivity contribution in [2.75, 3.05) is 0 Å². The van der Waals surface area contributed by atoms with Crippen LogP contribution in [0.1, 0.15) is 11.1 Å². The van der Waals surface area contributed by atoms with Crippen LogP contribution in [0.2, 0.25) is 0 Å². The molecule has 1 N–H and O–H groups in total. The van der Waals surface area contributed by atoms with Crippen LogP contribution in [0.5, 0.6) is 5.75 Å². The molecule has 0 unspecified atom stereocenters. The number of nitrogens with one attached hydrogen (secondary N) is 1. The Hall–Kier alpha value is -4.05. The molecule has 0 bridgehead atoms. The number of nitro benzene ring substituents is 1. The van der Waals surface area contributed by atoms with E-state index in [9.17, 15) is 23.3 Å². The molecule has 1 amide bonds. The normalized spacial score (nSPS) is 11.2. The molecule has 3 rings (SSSR count). The maximum Gasteiger partial charge on any atom is 0.339 e. The lowest BCUT2D eigenvalue weighted by molar-refractivity contribution is -0.384. The summed E-state index contributed by atoms with van der Waals surface area (Å²) in [6.07, 6.45) is 1.24. The molecule has 0 fully saturated rings. The van der Waals surface area contributed by atoms with Crippen LogP contribution >= 0.6 is 0 Å². The topological polar surface area (TPSA) is 128 Å². The molecular formula is C21H17N3O6S. The number of non-ortho nitro benzene ring substituents is 1. The largest absolute Gasteiger partial charge is 0.378 e. The van der Waals surface area contributed by atoms with Crippen molar-refractivity contribution in [2.45, 2.75) is 11.3 Å². The summed E-state index contributed by atoms with van der Waals surface area (Å²) < 4.78 is 30.1. The summed E-state index contributed by atoms with van der Waals surface area (Å²) in [6, 6.07) is 19.6. The van der Waals surface area contributed by atoms with Crippen LogP contribution in [0.25, 0.3) is 0 Å². The Morgan fingerprint density at radius 3 is 2.32 bits per heavy atom. The molecule has 10 heteroatoms. The lowest BCUT2D eigenvalue weighted by atomic mass is 10.1. The first-order valence-corrected chi connectivity index (χ1v) is 10.4. The second-order valence-electron chi connectivity index (χ2n) is 6.28. The molecule has 9 nitrogen and oxygen atoms in total. The molecule has 0 radical (unpaired) electrons. The molecule has 0 aliphatic rings. The maximum atomic E-state index is 12.4. The number of para-hydroxylation sites is 1. The molecule has 3 aromatic rings. The van der Waals surface area contributed by atoms with E-state index < -0.39 is 20.9 Å². The fraction of sp³-hybridized carbons (Fsp3) is 0.0476. The van der Waals surface area contributed by atoms with Crippen molar-refractivity contribution in [3.63, 3.8) is 0 Å². The fourth-order valence-electron chi connectivity index (χ4n) is 2.55. The first-order chi connectivity index (χ1) is 14.8. The number of nitrogens with zero attached hydrogens (tertiary/aromatic N) is 2. The van der Waals surface area contributed by atoms with Gasteiger partial charge in [-0.15, -0.1) is 0 Å². The molecule has 0 aliphatic carbocycles. The maximum absolute atomic E-state index is 12.4. The van der Waals surface area contributed by atoms with Gasteiger partial charge in [0, 0.05) is 17.7 Å². The molecule has 0 aromatic heterocycles. The number of benzene rings is 3. The van der Waals surface area contributed by atoms with Crippen molar-refractivity contribution in [3.05, 3.63) is 100 Å². The summed E-state index contributed by atoms with van der Waals surface area (Å²) in [4.78, 5) is 22.2. The minimum Gasteiger partial charge on any atom is -0.378 e. The van der Waals surface area contributed by atoms with E-state index in [1.807, 2.05) is 0 Å². The van der Waals surface area contributed by atoms with Crippen molar-refractivity contribution >= 4 is 27.9 Å². The van der Waals surface area contributed by atoms with E-state index in [4.69, 9.17) is 4.18 Å². The number of nitro groups is 1. The zero-order valence-electron chi connectivity index (χ0n) is 16.0. The zero-order valence-corrected chi connectivity index (χ0v) is 16.9. The van der Waals surface area contributed by atoms with Gasteiger partial charge in [-0.25, -0.2) is 5.43 Å². The average molecular weight is 439 g/mol. The SMILES string of the molecule is O=C(Cc1ccc([N+](=O)[O-])cc1)NN=Cc1ccccc1OS(=O)(=O)c1ccccc1. The van der Waals surface area contributed by atoms with Crippen LogP contribution in [0, 0.1) is 10.1 Å². The van der Waals surface area contributed by atoms with Crippen LogP contribution in [-0.2, 0) is 21.3 Å². The Labute approximate surface area is 178 Å². The molecule has 3 aromatic carbocycles. The number of hydrazone groups is 1. The second-order valence-corrected chi connectivity index (χ2v) is 7.83. The molecule has 0 aliphatic heterocycles. The second kappa shape index (κ2) is 9.63. The number of rotatable bonds is 8. The number of hydrogen-bond acceptors (Lipinski definition) is 7. The van der Waals surface area contributed by atoms with Gasteiger partial charge in [0.05, 0.1) is 17.6 Å². The molecule has 0 saturated carbocycles. The van der Waals surface area contributed by atoms with Gasteiger partial charge in [-0.3, -0.25) is 14.9 Å². The summed E-state index contributed by atoms with van der Waals surface area (Å²) in [6.45, 7) is 0. The van der Waals surface area contributed by atoms with E-state index in [-0.39, 0.29) is 22.8 Å².